The number of carbonyl (C=O) groups excluding carboxylic acids is 1. The predicted molar refractivity (Wildman–Crippen MR) is 55.1 cm³/mol. The third kappa shape index (κ3) is 3.47. The molecule has 4 nitrogen and oxygen atoms in total. The molecule has 0 atom stereocenters. The zero-order chi connectivity index (χ0) is 10.6. The van der Waals surface area contributed by atoms with Crippen LogP contribution in [0.25, 0.3) is 0 Å². The van der Waals surface area contributed by atoms with Crippen LogP contribution in [0.3, 0.4) is 0 Å². The van der Waals surface area contributed by atoms with Gasteiger partial charge in [0.25, 0.3) is 0 Å². The van der Waals surface area contributed by atoms with E-state index in [0.717, 1.165) is 18.7 Å². The second kappa shape index (κ2) is 4.57. The summed E-state index contributed by atoms with van der Waals surface area (Å²) in [5.74, 6) is -0.0823. The van der Waals surface area contributed by atoms with Crippen LogP contribution in [0.4, 0.5) is 0 Å². The first kappa shape index (κ1) is 11.2. The van der Waals surface area contributed by atoms with Crippen molar-refractivity contribution >= 4 is 5.91 Å². The molecule has 0 radical (unpaired) electrons. The Morgan fingerprint density at radius 1 is 1.64 bits per heavy atom. The van der Waals surface area contributed by atoms with Crippen LogP contribution in [0.1, 0.15) is 13.8 Å². The van der Waals surface area contributed by atoms with Crippen LogP contribution < -0.4 is 10.6 Å². The molecule has 1 heterocycles. The molecule has 1 aliphatic heterocycles. The molecule has 1 aliphatic rings. The van der Waals surface area contributed by atoms with Crippen molar-refractivity contribution in [1.82, 2.24) is 10.6 Å². The molecular weight excluding hydrogens is 180 g/mol. The van der Waals surface area contributed by atoms with Crippen molar-refractivity contribution in [1.29, 1.82) is 0 Å². The van der Waals surface area contributed by atoms with Crippen LogP contribution in [0.15, 0.2) is 12.2 Å². The zero-order valence-electron chi connectivity index (χ0n) is 8.85. The predicted octanol–water partition coefficient (Wildman–Crippen LogP) is 0.0572. The van der Waals surface area contributed by atoms with Crippen LogP contribution in [-0.4, -0.2) is 37.7 Å². The fraction of sp³-hybridized carbons (Fsp3) is 0.700. The maximum absolute atomic E-state index is 11.2. The highest BCUT2D eigenvalue weighted by atomic mass is 16.5. The molecule has 1 rings (SSSR count). The van der Waals surface area contributed by atoms with Gasteiger partial charge in [0.2, 0.25) is 5.91 Å². The lowest BCUT2D eigenvalue weighted by Gasteiger charge is -2.38. The number of nitrogens with one attached hydrogen (secondary N) is 2. The van der Waals surface area contributed by atoms with Crippen molar-refractivity contribution in [3.63, 3.8) is 0 Å². The zero-order valence-corrected chi connectivity index (χ0v) is 8.85. The van der Waals surface area contributed by atoms with Gasteiger partial charge in [-0.2, -0.15) is 0 Å². The van der Waals surface area contributed by atoms with E-state index in [1.807, 2.05) is 13.8 Å². The highest BCUT2D eigenvalue weighted by Gasteiger charge is 2.32. The first-order valence-corrected chi connectivity index (χ1v) is 4.78. The summed E-state index contributed by atoms with van der Waals surface area (Å²) in [4.78, 5) is 11.2. The molecule has 0 aromatic heterocycles. The number of ether oxygens (including phenoxy) is 1. The Hall–Kier alpha value is -0.870. The van der Waals surface area contributed by atoms with E-state index >= 15 is 0 Å². The molecule has 0 aromatic rings. The van der Waals surface area contributed by atoms with E-state index in [1.165, 1.54) is 0 Å². The SMILES string of the molecule is C=C(C)CNC(=O)COC1(C)CNC1. The average Bonchev–Trinajstić information content (AvgIpc) is 2.08. The van der Waals surface area contributed by atoms with Crippen molar-refractivity contribution in [3.8, 4) is 0 Å². The minimum Gasteiger partial charge on any atom is -0.363 e. The van der Waals surface area contributed by atoms with Gasteiger partial charge < -0.3 is 15.4 Å². The van der Waals surface area contributed by atoms with E-state index < -0.39 is 0 Å². The lowest BCUT2D eigenvalue weighted by atomic mass is 10.0. The van der Waals surface area contributed by atoms with Gasteiger partial charge in [-0.15, -0.1) is 0 Å². The van der Waals surface area contributed by atoms with Crippen molar-refractivity contribution in [2.75, 3.05) is 26.2 Å². The van der Waals surface area contributed by atoms with Crippen molar-refractivity contribution in [2.24, 2.45) is 0 Å². The van der Waals surface area contributed by atoms with Gasteiger partial charge in [0.15, 0.2) is 0 Å². The van der Waals surface area contributed by atoms with Gasteiger partial charge in [0, 0.05) is 19.6 Å². The molecule has 0 unspecified atom stereocenters. The molecule has 0 aromatic carbocycles. The fourth-order valence-corrected chi connectivity index (χ4v) is 1.12. The van der Waals surface area contributed by atoms with E-state index in [2.05, 4.69) is 17.2 Å². The van der Waals surface area contributed by atoms with Crippen LogP contribution in [-0.2, 0) is 9.53 Å². The summed E-state index contributed by atoms with van der Waals surface area (Å²) in [6.07, 6.45) is 0. The van der Waals surface area contributed by atoms with Crippen LogP contribution in [0, 0.1) is 0 Å². The van der Waals surface area contributed by atoms with Crippen LogP contribution in [0.2, 0.25) is 0 Å². The Labute approximate surface area is 84.7 Å². The third-order valence-corrected chi connectivity index (χ3v) is 2.14. The Morgan fingerprint density at radius 2 is 2.29 bits per heavy atom. The Balaban J connectivity index is 2.11. The summed E-state index contributed by atoms with van der Waals surface area (Å²) in [6, 6.07) is 0. The molecule has 14 heavy (non-hydrogen) atoms. The van der Waals surface area contributed by atoms with Gasteiger partial charge in [-0.05, 0) is 13.8 Å². The van der Waals surface area contributed by atoms with Crippen molar-refractivity contribution < 1.29 is 9.53 Å². The Morgan fingerprint density at radius 3 is 2.71 bits per heavy atom. The molecule has 4 heteroatoms. The quantitative estimate of drug-likeness (QED) is 0.614. The maximum Gasteiger partial charge on any atom is 0.246 e. The van der Waals surface area contributed by atoms with E-state index in [-0.39, 0.29) is 18.1 Å². The van der Waals surface area contributed by atoms with Crippen molar-refractivity contribution in [3.05, 3.63) is 12.2 Å². The topological polar surface area (TPSA) is 50.4 Å². The van der Waals surface area contributed by atoms with E-state index in [1.54, 1.807) is 0 Å². The second-order valence-corrected chi connectivity index (χ2v) is 4.08. The van der Waals surface area contributed by atoms with Crippen LogP contribution in [0.5, 0.6) is 0 Å². The van der Waals surface area contributed by atoms with Gasteiger partial charge in [-0.3, -0.25) is 4.79 Å². The highest BCUT2D eigenvalue weighted by molar-refractivity contribution is 5.77. The maximum atomic E-state index is 11.2. The van der Waals surface area contributed by atoms with E-state index in [0.29, 0.717) is 6.54 Å². The third-order valence-electron chi connectivity index (χ3n) is 2.14. The Bertz CT molecular complexity index is 234. The van der Waals surface area contributed by atoms with Crippen molar-refractivity contribution in [2.45, 2.75) is 19.4 Å². The molecule has 1 amide bonds. The molecule has 0 aliphatic carbocycles. The molecule has 80 valence electrons. The molecular formula is C10H18N2O2. The minimum absolute atomic E-state index is 0.0823. The van der Waals surface area contributed by atoms with Gasteiger partial charge in [0.05, 0.1) is 5.60 Å². The van der Waals surface area contributed by atoms with E-state index in [9.17, 15) is 4.79 Å². The lowest BCUT2D eigenvalue weighted by molar-refractivity contribution is -0.135. The van der Waals surface area contributed by atoms with Gasteiger partial charge in [0.1, 0.15) is 6.61 Å². The molecule has 1 fully saturated rings. The summed E-state index contributed by atoms with van der Waals surface area (Å²) in [7, 11) is 0. The first-order chi connectivity index (χ1) is 6.52. The number of hydrogen-bond donors (Lipinski definition) is 2. The van der Waals surface area contributed by atoms with Gasteiger partial charge in [-0.25, -0.2) is 0 Å². The minimum atomic E-state index is -0.152. The molecule has 1 saturated heterocycles. The van der Waals surface area contributed by atoms with Crippen LogP contribution >= 0.6 is 0 Å². The second-order valence-electron chi connectivity index (χ2n) is 4.08. The average molecular weight is 198 g/mol. The van der Waals surface area contributed by atoms with Gasteiger partial charge in [-0.1, -0.05) is 12.2 Å². The summed E-state index contributed by atoms with van der Waals surface area (Å²) in [5, 5.41) is 5.82. The summed E-state index contributed by atoms with van der Waals surface area (Å²) >= 11 is 0. The monoisotopic (exact) mass is 198 g/mol. The summed E-state index contributed by atoms with van der Waals surface area (Å²) < 4.78 is 5.46. The highest BCUT2D eigenvalue weighted by Crippen LogP contribution is 2.14. The normalized spacial score (nSPS) is 18.4. The number of carbonyl (C=O) groups is 1. The molecule has 2 N–H and O–H groups in total. The summed E-state index contributed by atoms with van der Waals surface area (Å²) in [5.41, 5.74) is 0.787. The summed E-state index contributed by atoms with van der Waals surface area (Å²) in [6.45, 7) is 9.86. The molecule has 0 saturated carbocycles. The number of rotatable bonds is 5. The number of hydrogen-bond acceptors (Lipinski definition) is 3. The smallest absolute Gasteiger partial charge is 0.246 e. The molecule has 0 spiro atoms. The first-order valence-electron chi connectivity index (χ1n) is 4.78. The standard InChI is InChI=1S/C10H18N2O2/c1-8(2)4-12-9(13)5-14-10(3)6-11-7-10/h11H,1,4-7H2,2-3H3,(H,12,13). The molecule has 0 bridgehead atoms. The Kier molecular flexibility index (Phi) is 3.66. The van der Waals surface area contributed by atoms with Gasteiger partial charge >= 0.3 is 0 Å². The number of amides is 1. The lowest BCUT2D eigenvalue weighted by Crippen LogP contribution is -2.59. The fourth-order valence-electron chi connectivity index (χ4n) is 1.12. The largest absolute Gasteiger partial charge is 0.363 e. The van der Waals surface area contributed by atoms with E-state index in [4.69, 9.17) is 4.74 Å².